The van der Waals surface area contributed by atoms with Crippen molar-refractivity contribution in [2.75, 3.05) is 11.9 Å². The van der Waals surface area contributed by atoms with Crippen molar-refractivity contribution in [2.45, 2.75) is 13.3 Å². The molecular formula is C16H15FN2O3S. The third kappa shape index (κ3) is 3.92. The van der Waals surface area contributed by atoms with Crippen LogP contribution in [0.15, 0.2) is 29.6 Å². The molecule has 23 heavy (non-hydrogen) atoms. The summed E-state index contributed by atoms with van der Waals surface area (Å²) in [5.74, 6) is -0.773. The summed E-state index contributed by atoms with van der Waals surface area (Å²) >= 11 is 1.25. The third-order valence-electron chi connectivity index (χ3n) is 3.65. The van der Waals surface area contributed by atoms with Gasteiger partial charge in [0.1, 0.15) is 5.82 Å². The van der Waals surface area contributed by atoms with Gasteiger partial charge in [-0.15, -0.1) is 11.3 Å². The quantitative estimate of drug-likeness (QED) is 0.853. The number of halogens is 1. The average molecular weight is 334 g/mol. The normalized spacial score (nSPS) is 19.2. The minimum atomic E-state index is -0.424. The van der Waals surface area contributed by atoms with E-state index < -0.39 is 5.91 Å². The summed E-state index contributed by atoms with van der Waals surface area (Å²) in [7, 11) is 0. The van der Waals surface area contributed by atoms with Crippen molar-refractivity contribution in [3.63, 3.8) is 0 Å². The largest absolute Gasteiger partial charge is 0.455 e. The summed E-state index contributed by atoms with van der Waals surface area (Å²) in [4.78, 5) is 27.6. The van der Waals surface area contributed by atoms with E-state index in [9.17, 15) is 14.0 Å². The molecule has 1 saturated carbocycles. The van der Waals surface area contributed by atoms with Crippen LogP contribution in [0.5, 0.6) is 0 Å². The molecule has 1 N–H and O–H groups in total. The van der Waals surface area contributed by atoms with Gasteiger partial charge in [0.25, 0.3) is 5.91 Å². The maximum Gasteiger partial charge on any atom is 0.309 e. The number of anilines is 1. The highest BCUT2D eigenvalue weighted by Gasteiger charge is 2.40. The summed E-state index contributed by atoms with van der Waals surface area (Å²) in [6.45, 7) is 1.66. The lowest BCUT2D eigenvalue weighted by Gasteiger charge is -2.03. The number of nitrogens with one attached hydrogen (secondary N) is 1. The Morgan fingerprint density at radius 1 is 1.39 bits per heavy atom. The summed E-state index contributed by atoms with van der Waals surface area (Å²) < 4.78 is 17.9. The Kier molecular flexibility index (Phi) is 4.38. The monoisotopic (exact) mass is 334 g/mol. The molecule has 1 aliphatic carbocycles. The second-order valence-electron chi connectivity index (χ2n) is 5.52. The Hall–Kier alpha value is -2.28. The van der Waals surface area contributed by atoms with E-state index in [4.69, 9.17) is 4.74 Å². The predicted molar refractivity (Wildman–Crippen MR) is 84.4 cm³/mol. The van der Waals surface area contributed by atoms with Crippen LogP contribution >= 0.6 is 11.3 Å². The van der Waals surface area contributed by atoms with Gasteiger partial charge in [-0.1, -0.05) is 6.92 Å². The first-order valence-corrected chi connectivity index (χ1v) is 8.09. The molecule has 1 heterocycles. The molecule has 1 aliphatic rings. The summed E-state index contributed by atoms with van der Waals surface area (Å²) in [5, 5.41) is 4.76. The first kappa shape index (κ1) is 15.6. The Labute approximate surface area is 136 Å². The van der Waals surface area contributed by atoms with Crippen molar-refractivity contribution < 1.29 is 18.7 Å². The van der Waals surface area contributed by atoms with Crippen molar-refractivity contribution in [1.29, 1.82) is 0 Å². The molecule has 0 bridgehead atoms. The molecule has 1 fully saturated rings. The van der Waals surface area contributed by atoms with E-state index in [1.807, 2.05) is 6.92 Å². The van der Waals surface area contributed by atoms with Crippen LogP contribution < -0.4 is 5.32 Å². The molecule has 2 atom stereocenters. The smallest absolute Gasteiger partial charge is 0.309 e. The van der Waals surface area contributed by atoms with Crippen LogP contribution in [0, 0.1) is 17.7 Å². The molecule has 7 heteroatoms. The first-order valence-electron chi connectivity index (χ1n) is 7.21. The number of amides is 1. The van der Waals surface area contributed by atoms with Crippen molar-refractivity contribution in [1.82, 2.24) is 4.98 Å². The molecule has 3 rings (SSSR count). The molecule has 0 saturated heterocycles. The van der Waals surface area contributed by atoms with Gasteiger partial charge < -0.3 is 4.74 Å². The zero-order valence-electron chi connectivity index (χ0n) is 12.4. The molecule has 0 spiro atoms. The van der Waals surface area contributed by atoms with Crippen LogP contribution in [0.1, 0.15) is 13.3 Å². The van der Waals surface area contributed by atoms with E-state index in [-0.39, 0.29) is 24.3 Å². The zero-order valence-corrected chi connectivity index (χ0v) is 13.2. The lowest BCUT2D eigenvalue weighted by molar-refractivity contribution is -0.148. The van der Waals surface area contributed by atoms with E-state index >= 15 is 0 Å². The van der Waals surface area contributed by atoms with Crippen molar-refractivity contribution in [3.05, 3.63) is 35.5 Å². The topological polar surface area (TPSA) is 68.3 Å². The number of carbonyl (C=O) groups is 2. The second-order valence-corrected chi connectivity index (χ2v) is 6.38. The van der Waals surface area contributed by atoms with Gasteiger partial charge in [-0.25, -0.2) is 9.37 Å². The molecule has 1 aromatic heterocycles. The SMILES string of the molecule is C[C@@H]1C[C@H]1C(=O)OCC(=O)Nc1nc(-c2ccc(F)cc2)cs1. The maximum absolute atomic E-state index is 12.9. The maximum atomic E-state index is 12.9. The number of aromatic nitrogens is 1. The lowest BCUT2D eigenvalue weighted by Crippen LogP contribution is -2.21. The van der Waals surface area contributed by atoms with Gasteiger partial charge in [-0.3, -0.25) is 14.9 Å². The second kappa shape index (κ2) is 6.45. The van der Waals surface area contributed by atoms with Gasteiger partial charge in [0, 0.05) is 10.9 Å². The Balaban J connectivity index is 1.53. The van der Waals surface area contributed by atoms with Gasteiger partial charge in [0.2, 0.25) is 0 Å². The average Bonchev–Trinajstić information content (AvgIpc) is 3.08. The number of nitrogens with zero attached hydrogens (tertiary/aromatic N) is 1. The molecular weight excluding hydrogens is 319 g/mol. The van der Waals surface area contributed by atoms with Crippen LogP contribution in [-0.4, -0.2) is 23.5 Å². The Morgan fingerprint density at radius 3 is 2.74 bits per heavy atom. The summed E-state index contributed by atoms with van der Waals surface area (Å²) in [6, 6.07) is 5.94. The number of ether oxygens (including phenoxy) is 1. The van der Waals surface area contributed by atoms with Crippen LogP contribution in [0.25, 0.3) is 11.3 Å². The summed E-state index contributed by atoms with van der Waals surface area (Å²) in [5.41, 5.74) is 1.41. The van der Waals surface area contributed by atoms with Crippen molar-refractivity contribution in [3.8, 4) is 11.3 Å². The fourth-order valence-corrected chi connectivity index (χ4v) is 2.87. The molecule has 0 unspecified atom stereocenters. The number of hydrogen-bond acceptors (Lipinski definition) is 5. The van der Waals surface area contributed by atoms with Crippen molar-refractivity contribution in [2.24, 2.45) is 11.8 Å². The fraction of sp³-hybridized carbons (Fsp3) is 0.312. The molecule has 1 amide bonds. The zero-order chi connectivity index (χ0) is 16.4. The van der Waals surface area contributed by atoms with Gasteiger partial charge >= 0.3 is 5.97 Å². The highest BCUT2D eigenvalue weighted by molar-refractivity contribution is 7.14. The Bertz CT molecular complexity index is 729. The molecule has 0 radical (unpaired) electrons. The lowest BCUT2D eigenvalue weighted by atomic mass is 10.2. The number of carbonyl (C=O) groups excluding carboxylic acids is 2. The number of hydrogen-bond donors (Lipinski definition) is 1. The molecule has 1 aromatic carbocycles. The van der Waals surface area contributed by atoms with Crippen molar-refractivity contribution >= 4 is 28.3 Å². The highest BCUT2D eigenvalue weighted by Crippen LogP contribution is 2.38. The standard InChI is InChI=1S/C16H15FN2O3S/c1-9-6-12(9)15(21)22-7-14(20)19-16-18-13(8-23-16)10-2-4-11(17)5-3-10/h2-5,8-9,12H,6-7H2,1H3,(H,18,19,20)/t9-,12-/m1/s1. The van der Waals surface area contributed by atoms with E-state index in [2.05, 4.69) is 10.3 Å². The molecule has 0 aliphatic heterocycles. The van der Waals surface area contributed by atoms with Crippen LogP contribution in [0.4, 0.5) is 9.52 Å². The van der Waals surface area contributed by atoms with Crippen LogP contribution in [0.3, 0.4) is 0 Å². The highest BCUT2D eigenvalue weighted by atomic mass is 32.1. The number of rotatable bonds is 5. The van der Waals surface area contributed by atoms with Gasteiger partial charge in [0.15, 0.2) is 11.7 Å². The molecule has 2 aromatic rings. The number of esters is 1. The minimum absolute atomic E-state index is 0.0623. The van der Waals surface area contributed by atoms with E-state index in [0.29, 0.717) is 16.7 Å². The predicted octanol–water partition coefficient (Wildman–Crippen LogP) is 3.09. The fourth-order valence-electron chi connectivity index (χ4n) is 2.13. The van der Waals surface area contributed by atoms with E-state index in [0.717, 1.165) is 12.0 Å². The van der Waals surface area contributed by atoms with Crippen LogP contribution in [0.2, 0.25) is 0 Å². The number of benzene rings is 1. The van der Waals surface area contributed by atoms with Gasteiger partial charge in [-0.05, 0) is 36.6 Å². The minimum Gasteiger partial charge on any atom is -0.455 e. The van der Waals surface area contributed by atoms with E-state index in [1.165, 1.54) is 23.5 Å². The number of thiazole rings is 1. The van der Waals surface area contributed by atoms with Gasteiger partial charge in [-0.2, -0.15) is 0 Å². The Morgan fingerprint density at radius 2 is 2.09 bits per heavy atom. The molecule has 5 nitrogen and oxygen atoms in total. The van der Waals surface area contributed by atoms with E-state index in [1.54, 1.807) is 17.5 Å². The van der Waals surface area contributed by atoms with Gasteiger partial charge in [0.05, 0.1) is 11.6 Å². The molecule has 120 valence electrons. The van der Waals surface area contributed by atoms with Crippen LogP contribution in [-0.2, 0) is 14.3 Å². The first-order chi connectivity index (χ1) is 11.0. The summed E-state index contributed by atoms with van der Waals surface area (Å²) in [6.07, 6.45) is 0.827. The third-order valence-corrected chi connectivity index (χ3v) is 4.41.